The molecular weight excluding hydrogens is 230 g/mol. The number of hydrogen-bond donors (Lipinski definition) is 1. The summed E-state index contributed by atoms with van der Waals surface area (Å²) in [6.07, 6.45) is 11.6. The molecular formula is C18H33N. The molecule has 0 aromatic rings. The standard InChI is InChI=1S/C18H33N/c1-5-13-7-6-8-15(11-13)19-16-17(2,3)14-9-10-18(16,4)12-14/h13-16,19H,5-12H2,1-4H3/t13?,14-,15?,16?,18+/m0/s1. The van der Waals surface area contributed by atoms with E-state index in [1.807, 2.05) is 0 Å². The molecule has 0 aromatic heterocycles. The van der Waals surface area contributed by atoms with Crippen LogP contribution in [-0.4, -0.2) is 12.1 Å². The molecule has 3 fully saturated rings. The molecule has 19 heavy (non-hydrogen) atoms. The molecule has 3 aliphatic rings. The van der Waals surface area contributed by atoms with Crippen LogP contribution in [0.3, 0.4) is 0 Å². The van der Waals surface area contributed by atoms with Crippen LogP contribution in [0.1, 0.15) is 79.1 Å². The lowest BCUT2D eigenvalue weighted by atomic mass is 9.67. The lowest BCUT2D eigenvalue weighted by Gasteiger charge is -2.46. The van der Waals surface area contributed by atoms with Crippen LogP contribution < -0.4 is 5.32 Å². The predicted octanol–water partition coefficient (Wildman–Crippen LogP) is 4.76. The van der Waals surface area contributed by atoms with E-state index in [4.69, 9.17) is 0 Å². The van der Waals surface area contributed by atoms with E-state index in [2.05, 4.69) is 33.0 Å². The van der Waals surface area contributed by atoms with Gasteiger partial charge in [-0.25, -0.2) is 0 Å². The summed E-state index contributed by atoms with van der Waals surface area (Å²) < 4.78 is 0. The van der Waals surface area contributed by atoms with E-state index < -0.39 is 0 Å². The summed E-state index contributed by atoms with van der Waals surface area (Å²) in [5.41, 5.74) is 1.11. The van der Waals surface area contributed by atoms with Crippen LogP contribution in [0.4, 0.5) is 0 Å². The highest BCUT2D eigenvalue weighted by molar-refractivity contribution is 5.12. The van der Waals surface area contributed by atoms with Crippen molar-refractivity contribution in [2.24, 2.45) is 22.7 Å². The van der Waals surface area contributed by atoms with Crippen LogP contribution in [0.2, 0.25) is 0 Å². The van der Waals surface area contributed by atoms with E-state index in [0.29, 0.717) is 10.8 Å². The van der Waals surface area contributed by atoms with E-state index in [1.165, 1.54) is 51.4 Å². The Balaban J connectivity index is 1.69. The molecule has 0 amide bonds. The third-order valence-electron chi connectivity index (χ3n) is 7.03. The largest absolute Gasteiger partial charge is 0.310 e. The summed E-state index contributed by atoms with van der Waals surface area (Å²) in [5.74, 6) is 1.96. The number of fused-ring (bicyclic) bond motifs is 2. The summed E-state index contributed by atoms with van der Waals surface area (Å²) in [4.78, 5) is 0. The second-order valence-electron chi connectivity index (χ2n) is 8.65. The smallest absolute Gasteiger partial charge is 0.0177 e. The summed E-state index contributed by atoms with van der Waals surface area (Å²) in [5, 5.41) is 4.14. The average molecular weight is 263 g/mol. The highest BCUT2D eigenvalue weighted by Crippen LogP contribution is 2.62. The summed E-state index contributed by atoms with van der Waals surface area (Å²) in [7, 11) is 0. The van der Waals surface area contributed by atoms with Crippen molar-refractivity contribution in [2.45, 2.75) is 91.1 Å². The van der Waals surface area contributed by atoms with Gasteiger partial charge in [-0.1, -0.05) is 47.0 Å². The molecule has 2 bridgehead atoms. The molecule has 3 saturated carbocycles. The maximum atomic E-state index is 4.14. The predicted molar refractivity (Wildman–Crippen MR) is 82.2 cm³/mol. The molecule has 3 rings (SSSR count). The van der Waals surface area contributed by atoms with E-state index in [1.54, 1.807) is 0 Å². The van der Waals surface area contributed by atoms with Crippen molar-refractivity contribution in [3.05, 3.63) is 0 Å². The molecule has 3 aliphatic carbocycles. The van der Waals surface area contributed by atoms with Gasteiger partial charge in [0.05, 0.1) is 0 Å². The Morgan fingerprint density at radius 1 is 1.11 bits per heavy atom. The zero-order chi connectivity index (χ0) is 13.7. The fraction of sp³-hybridized carbons (Fsp3) is 1.00. The van der Waals surface area contributed by atoms with Gasteiger partial charge in [0.25, 0.3) is 0 Å². The summed E-state index contributed by atoms with van der Waals surface area (Å²) in [6.45, 7) is 9.98. The van der Waals surface area contributed by atoms with Gasteiger partial charge in [0, 0.05) is 12.1 Å². The van der Waals surface area contributed by atoms with Crippen molar-refractivity contribution < 1.29 is 0 Å². The zero-order valence-electron chi connectivity index (χ0n) is 13.5. The maximum absolute atomic E-state index is 4.14. The monoisotopic (exact) mass is 263 g/mol. The van der Waals surface area contributed by atoms with E-state index in [9.17, 15) is 0 Å². The van der Waals surface area contributed by atoms with E-state index in [0.717, 1.165) is 23.9 Å². The van der Waals surface area contributed by atoms with Crippen molar-refractivity contribution in [2.75, 3.05) is 0 Å². The van der Waals surface area contributed by atoms with Crippen LogP contribution in [0.5, 0.6) is 0 Å². The second kappa shape index (κ2) is 4.76. The Bertz CT molecular complexity index is 330. The van der Waals surface area contributed by atoms with Gasteiger partial charge in [-0.05, 0) is 54.8 Å². The Labute approximate surface area is 119 Å². The topological polar surface area (TPSA) is 12.0 Å². The number of hydrogen-bond acceptors (Lipinski definition) is 1. The minimum absolute atomic E-state index is 0.520. The quantitative estimate of drug-likeness (QED) is 0.774. The van der Waals surface area contributed by atoms with Crippen LogP contribution in [-0.2, 0) is 0 Å². The molecule has 5 atom stereocenters. The minimum atomic E-state index is 0.520. The van der Waals surface area contributed by atoms with Crippen LogP contribution in [0, 0.1) is 22.7 Å². The third kappa shape index (κ3) is 2.26. The van der Waals surface area contributed by atoms with Gasteiger partial charge in [-0.2, -0.15) is 0 Å². The normalized spacial score (nSPS) is 48.6. The van der Waals surface area contributed by atoms with Gasteiger partial charge < -0.3 is 5.32 Å². The molecule has 0 aromatic carbocycles. The minimum Gasteiger partial charge on any atom is -0.310 e. The second-order valence-corrected chi connectivity index (χ2v) is 8.65. The Morgan fingerprint density at radius 3 is 2.53 bits per heavy atom. The van der Waals surface area contributed by atoms with E-state index >= 15 is 0 Å². The first-order chi connectivity index (χ1) is 8.95. The molecule has 0 aliphatic heterocycles. The van der Waals surface area contributed by atoms with Crippen LogP contribution in [0.15, 0.2) is 0 Å². The highest BCUT2D eigenvalue weighted by atomic mass is 15.0. The molecule has 0 radical (unpaired) electrons. The third-order valence-corrected chi connectivity index (χ3v) is 7.03. The van der Waals surface area contributed by atoms with Crippen molar-refractivity contribution in [3.63, 3.8) is 0 Å². The van der Waals surface area contributed by atoms with Gasteiger partial charge >= 0.3 is 0 Å². The highest BCUT2D eigenvalue weighted by Gasteiger charge is 2.59. The zero-order valence-corrected chi connectivity index (χ0v) is 13.5. The number of rotatable bonds is 3. The molecule has 0 spiro atoms. The molecule has 3 unspecified atom stereocenters. The first-order valence-electron chi connectivity index (χ1n) is 8.72. The lowest BCUT2D eigenvalue weighted by molar-refractivity contribution is 0.0873. The van der Waals surface area contributed by atoms with Gasteiger partial charge in [-0.15, -0.1) is 0 Å². The fourth-order valence-electron chi connectivity index (χ4n) is 5.77. The Hall–Kier alpha value is -0.0400. The maximum Gasteiger partial charge on any atom is 0.0177 e. The van der Waals surface area contributed by atoms with Gasteiger partial charge in [-0.3, -0.25) is 0 Å². The SMILES string of the molecule is CCC1CCCC(NC2C(C)(C)[C@H]3CC[C@]2(C)C3)C1. The van der Waals surface area contributed by atoms with Crippen LogP contribution in [0.25, 0.3) is 0 Å². The number of nitrogens with one attached hydrogen (secondary N) is 1. The van der Waals surface area contributed by atoms with Gasteiger partial charge in [0.15, 0.2) is 0 Å². The molecule has 110 valence electrons. The molecule has 0 saturated heterocycles. The van der Waals surface area contributed by atoms with E-state index in [-0.39, 0.29) is 0 Å². The lowest BCUT2D eigenvalue weighted by Crippen LogP contribution is -2.54. The molecule has 1 nitrogen and oxygen atoms in total. The molecule has 0 heterocycles. The molecule has 1 N–H and O–H groups in total. The van der Waals surface area contributed by atoms with Crippen molar-refractivity contribution in [1.82, 2.24) is 5.32 Å². The summed E-state index contributed by atoms with van der Waals surface area (Å²) in [6, 6.07) is 1.57. The Kier molecular flexibility index (Phi) is 3.48. The first-order valence-corrected chi connectivity index (χ1v) is 8.72. The van der Waals surface area contributed by atoms with Crippen molar-refractivity contribution >= 4 is 0 Å². The van der Waals surface area contributed by atoms with Crippen molar-refractivity contribution in [1.29, 1.82) is 0 Å². The molecule has 1 heteroatoms. The van der Waals surface area contributed by atoms with Crippen LogP contribution >= 0.6 is 0 Å². The average Bonchev–Trinajstić information content (AvgIpc) is 2.86. The van der Waals surface area contributed by atoms with Gasteiger partial charge in [0.2, 0.25) is 0 Å². The summed E-state index contributed by atoms with van der Waals surface area (Å²) >= 11 is 0. The fourth-order valence-corrected chi connectivity index (χ4v) is 5.77. The van der Waals surface area contributed by atoms with Gasteiger partial charge in [0.1, 0.15) is 0 Å². The first kappa shape index (κ1) is 13.9. The Morgan fingerprint density at radius 2 is 1.89 bits per heavy atom. The van der Waals surface area contributed by atoms with Crippen molar-refractivity contribution in [3.8, 4) is 0 Å².